The molecule has 1 aromatic carbocycles. The Morgan fingerprint density at radius 2 is 2.11 bits per heavy atom. The summed E-state index contributed by atoms with van der Waals surface area (Å²) < 4.78 is 16.7. The third-order valence-corrected chi connectivity index (χ3v) is 3.35. The molecule has 1 heterocycles. The van der Waals surface area contributed by atoms with E-state index in [1.165, 1.54) is 0 Å². The van der Waals surface area contributed by atoms with Crippen LogP contribution in [-0.2, 0) is 15.3 Å². The molecule has 0 atom stereocenters. The fourth-order valence-electron chi connectivity index (χ4n) is 2.15. The summed E-state index contributed by atoms with van der Waals surface area (Å²) in [6, 6.07) is 5.58. The molecule has 1 aromatic rings. The van der Waals surface area contributed by atoms with E-state index in [0.717, 1.165) is 18.4 Å². The van der Waals surface area contributed by atoms with Crippen LogP contribution >= 0.6 is 11.6 Å². The zero-order valence-corrected chi connectivity index (χ0v) is 11.2. The standard InChI is InChI=1S/C13H18ClNO3/c1-16-12-4-3-10(9-11(12)14)13(5-2-6-15)17-7-8-18-13/h3-4,9H,2,5-8,15H2,1H3. The molecule has 0 aromatic heterocycles. The van der Waals surface area contributed by atoms with Gasteiger partial charge in [0.15, 0.2) is 5.79 Å². The zero-order valence-electron chi connectivity index (χ0n) is 10.4. The smallest absolute Gasteiger partial charge is 0.195 e. The molecule has 0 spiro atoms. The van der Waals surface area contributed by atoms with E-state index in [1.807, 2.05) is 18.2 Å². The van der Waals surface area contributed by atoms with Gasteiger partial charge < -0.3 is 19.9 Å². The fourth-order valence-corrected chi connectivity index (χ4v) is 2.41. The third kappa shape index (κ3) is 2.62. The van der Waals surface area contributed by atoms with Crippen LogP contribution in [0.2, 0.25) is 5.02 Å². The van der Waals surface area contributed by atoms with Gasteiger partial charge in [-0.3, -0.25) is 0 Å². The molecule has 2 rings (SSSR count). The number of nitrogens with two attached hydrogens (primary N) is 1. The van der Waals surface area contributed by atoms with Gasteiger partial charge >= 0.3 is 0 Å². The summed E-state index contributed by atoms with van der Waals surface area (Å²) in [7, 11) is 1.59. The first-order chi connectivity index (χ1) is 8.72. The Labute approximate surface area is 112 Å². The molecule has 5 heteroatoms. The van der Waals surface area contributed by atoms with Crippen molar-refractivity contribution in [3.8, 4) is 5.75 Å². The fraction of sp³-hybridized carbons (Fsp3) is 0.538. The maximum Gasteiger partial charge on any atom is 0.195 e. The van der Waals surface area contributed by atoms with Crippen molar-refractivity contribution in [2.24, 2.45) is 5.73 Å². The quantitative estimate of drug-likeness (QED) is 0.893. The van der Waals surface area contributed by atoms with Crippen molar-refractivity contribution in [2.75, 3.05) is 26.9 Å². The van der Waals surface area contributed by atoms with Crippen LogP contribution in [-0.4, -0.2) is 26.9 Å². The summed E-state index contributed by atoms with van der Waals surface area (Å²) in [5, 5.41) is 0.557. The number of methoxy groups -OCH3 is 1. The minimum Gasteiger partial charge on any atom is -0.495 e. The second-order valence-electron chi connectivity index (χ2n) is 4.19. The topological polar surface area (TPSA) is 53.7 Å². The monoisotopic (exact) mass is 271 g/mol. The lowest BCUT2D eigenvalue weighted by atomic mass is 10.0. The summed E-state index contributed by atoms with van der Waals surface area (Å²) in [5.41, 5.74) is 6.48. The minimum absolute atomic E-state index is 0.557. The van der Waals surface area contributed by atoms with E-state index in [4.69, 9.17) is 31.5 Å². The SMILES string of the molecule is COc1ccc(C2(CCCN)OCCO2)cc1Cl. The number of hydrogen-bond donors (Lipinski definition) is 1. The van der Waals surface area contributed by atoms with Gasteiger partial charge in [0.25, 0.3) is 0 Å². The van der Waals surface area contributed by atoms with Crippen LogP contribution in [0.5, 0.6) is 5.75 Å². The minimum atomic E-state index is -0.699. The van der Waals surface area contributed by atoms with Crippen molar-refractivity contribution in [3.05, 3.63) is 28.8 Å². The Kier molecular flexibility index (Phi) is 4.45. The molecule has 1 aliphatic rings. The van der Waals surface area contributed by atoms with Gasteiger partial charge in [0.1, 0.15) is 5.75 Å². The summed E-state index contributed by atoms with van der Waals surface area (Å²) in [6.45, 7) is 1.79. The highest BCUT2D eigenvalue weighted by molar-refractivity contribution is 6.32. The molecule has 1 aliphatic heterocycles. The molecule has 0 unspecified atom stereocenters. The van der Waals surface area contributed by atoms with E-state index in [2.05, 4.69) is 0 Å². The Bertz CT molecular complexity index is 405. The number of benzene rings is 1. The van der Waals surface area contributed by atoms with Crippen molar-refractivity contribution in [1.29, 1.82) is 0 Å². The van der Waals surface area contributed by atoms with Crippen molar-refractivity contribution in [3.63, 3.8) is 0 Å². The lowest BCUT2D eigenvalue weighted by Gasteiger charge is -2.28. The maximum absolute atomic E-state index is 6.14. The molecule has 18 heavy (non-hydrogen) atoms. The largest absolute Gasteiger partial charge is 0.495 e. The highest BCUT2D eigenvalue weighted by atomic mass is 35.5. The van der Waals surface area contributed by atoms with Crippen molar-refractivity contribution in [1.82, 2.24) is 0 Å². The number of rotatable bonds is 5. The average molecular weight is 272 g/mol. The molecule has 0 radical (unpaired) electrons. The summed E-state index contributed by atoms with van der Waals surface area (Å²) in [5.74, 6) is -0.0534. The van der Waals surface area contributed by atoms with Gasteiger partial charge in [-0.15, -0.1) is 0 Å². The highest BCUT2D eigenvalue weighted by Gasteiger charge is 2.38. The zero-order chi connectivity index (χ0) is 13.0. The van der Waals surface area contributed by atoms with Crippen molar-refractivity contribution in [2.45, 2.75) is 18.6 Å². The van der Waals surface area contributed by atoms with E-state index < -0.39 is 5.79 Å². The van der Waals surface area contributed by atoms with Crippen LogP contribution in [0, 0.1) is 0 Å². The Morgan fingerprint density at radius 3 is 2.67 bits per heavy atom. The normalized spacial score (nSPS) is 17.9. The number of hydrogen-bond acceptors (Lipinski definition) is 4. The van der Waals surface area contributed by atoms with Gasteiger partial charge in [-0.05, 0) is 31.2 Å². The van der Waals surface area contributed by atoms with Gasteiger partial charge in [0.2, 0.25) is 0 Å². The Morgan fingerprint density at radius 1 is 1.39 bits per heavy atom. The highest BCUT2D eigenvalue weighted by Crippen LogP contribution is 2.38. The Balaban J connectivity index is 2.28. The van der Waals surface area contributed by atoms with E-state index >= 15 is 0 Å². The van der Waals surface area contributed by atoms with Gasteiger partial charge in [-0.2, -0.15) is 0 Å². The Hall–Kier alpha value is -0.810. The van der Waals surface area contributed by atoms with Crippen LogP contribution in [0.1, 0.15) is 18.4 Å². The molecular formula is C13H18ClNO3. The van der Waals surface area contributed by atoms with E-state index in [9.17, 15) is 0 Å². The van der Waals surface area contributed by atoms with Crippen LogP contribution in [0.4, 0.5) is 0 Å². The van der Waals surface area contributed by atoms with E-state index in [0.29, 0.717) is 30.5 Å². The van der Waals surface area contributed by atoms with Crippen LogP contribution in [0.25, 0.3) is 0 Å². The molecule has 0 saturated carbocycles. The van der Waals surface area contributed by atoms with Gasteiger partial charge in [0.05, 0.1) is 25.3 Å². The average Bonchev–Trinajstić information content (AvgIpc) is 2.86. The molecule has 0 bridgehead atoms. The molecule has 1 fully saturated rings. The van der Waals surface area contributed by atoms with Gasteiger partial charge in [-0.1, -0.05) is 11.6 Å². The first kappa shape index (κ1) is 13.6. The third-order valence-electron chi connectivity index (χ3n) is 3.06. The van der Waals surface area contributed by atoms with Crippen molar-refractivity contribution < 1.29 is 14.2 Å². The molecular weight excluding hydrogens is 254 g/mol. The van der Waals surface area contributed by atoms with Crippen LogP contribution in [0.3, 0.4) is 0 Å². The van der Waals surface area contributed by atoms with E-state index in [1.54, 1.807) is 7.11 Å². The first-order valence-corrected chi connectivity index (χ1v) is 6.41. The van der Waals surface area contributed by atoms with Crippen LogP contribution < -0.4 is 10.5 Å². The molecule has 0 aliphatic carbocycles. The van der Waals surface area contributed by atoms with Gasteiger partial charge in [-0.25, -0.2) is 0 Å². The molecule has 0 amide bonds. The first-order valence-electron chi connectivity index (χ1n) is 6.04. The van der Waals surface area contributed by atoms with Gasteiger partial charge in [0, 0.05) is 12.0 Å². The second-order valence-corrected chi connectivity index (χ2v) is 4.60. The molecule has 4 nitrogen and oxygen atoms in total. The maximum atomic E-state index is 6.14. The molecule has 1 saturated heterocycles. The van der Waals surface area contributed by atoms with E-state index in [-0.39, 0.29) is 0 Å². The lowest BCUT2D eigenvalue weighted by Crippen LogP contribution is -2.28. The molecule has 100 valence electrons. The summed E-state index contributed by atoms with van der Waals surface area (Å²) >= 11 is 6.14. The number of ether oxygens (including phenoxy) is 3. The predicted molar refractivity (Wildman–Crippen MR) is 69.9 cm³/mol. The van der Waals surface area contributed by atoms with Crippen LogP contribution in [0.15, 0.2) is 18.2 Å². The summed E-state index contributed by atoms with van der Waals surface area (Å²) in [6.07, 6.45) is 1.57. The lowest BCUT2D eigenvalue weighted by molar-refractivity contribution is -0.171. The number of halogens is 1. The molecule has 2 N–H and O–H groups in total. The predicted octanol–water partition coefficient (Wildman–Crippen LogP) is 2.29. The van der Waals surface area contributed by atoms with Crippen molar-refractivity contribution >= 4 is 11.6 Å². The summed E-state index contributed by atoms with van der Waals surface area (Å²) in [4.78, 5) is 0. The second kappa shape index (κ2) is 5.89.